The second-order valence-electron chi connectivity index (χ2n) is 5.39. The van der Waals surface area contributed by atoms with Crippen molar-refractivity contribution in [3.8, 4) is 0 Å². The van der Waals surface area contributed by atoms with E-state index >= 15 is 0 Å². The van der Waals surface area contributed by atoms with Crippen LogP contribution in [0.4, 0.5) is 0 Å². The number of benzene rings is 1. The normalized spacial score (nSPS) is 37.7. The lowest BCUT2D eigenvalue weighted by Crippen LogP contribution is -2.50. The van der Waals surface area contributed by atoms with Crippen LogP contribution in [0.25, 0.3) is 0 Å². The van der Waals surface area contributed by atoms with Gasteiger partial charge in [-0.3, -0.25) is 9.69 Å². The van der Waals surface area contributed by atoms with E-state index in [2.05, 4.69) is 0 Å². The maximum absolute atomic E-state index is 11.4. The zero-order valence-electron chi connectivity index (χ0n) is 10.4. The lowest BCUT2D eigenvalue weighted by Gasteiger charge is -2.34. The van der Waals surface area contributed by atoms with Crippen molar-refractivity contribution in [1.82, 2.24) is 4.90 Å². The number of aliphatic carboxylic acids is 1. The standard InChI is InChI=1S/C14H17NO4/c16-10-6-9-11(14(18)19)15(12(10)13(9)17)7-8-4-2-1-3-5-8/h1-5,9-13,16-17H,6-7H2,(H,18,19)/t9?,10-,11+,12?,13?/m1/s1. The number of hydrogen-bond acceptors (Lipinski definition) is 4. The number of fused-ring (bicyclic) bond motifs is 2. The van der Waals surface area contributed by atoms with E-state index in [0.29, 0.717) is 13.0 Å². The van der Waals surface area contributed by atoms with Crippen LogP contribution in [0.5, 0.6) is 0 Å². The molecule has 1 saturated heterocycles. The molecule has 2 bridgehead atoms. The van der Waals surface area contributed by atoms with Crippen molar-refractivity contribution < 1.29 is 20.1 Å². The average molecular weight is 263 g/mol. The van der Waals surface area contributed by atoms with Crippen LogP contribution in [-0.2, 0) is 11.3 Å². The predicted octanol–water partition coefficient (Wildman–Crippen LogP) is 0.0657. The summed E-state index contributed by atoms with van der Waals surface area (Å²) in [5.41, 5.74) is 0.987. The van der Waals surface area contributed by atoms with Crippen molar-refractivity contribution >= 4 is 5.97 Å². The minimum absolute atomic E-state index is 0.369. The summed E-state index contributed by atoms with van der Waals surface area (Å²) in [6.07, 6.45) is -1.02. The zero-order chi connectivity index (χ0) is 13.6. The van der Waals surface area contributed by atoms with Gasteiger partial charge in [0.05, 0.1) is 18.2 Å². The van der Waals surface area contributed by atoms with Gasteiger partial charge in [0.2, 0.25) is 0 Å². The van der Waals surface area contributed by atoms with Gasteiger partial charge < -0.3 is 15.3 Å². The molecule has 0 amide bonds. The van der Waals surface area contributed by atoms with E-state index in [0.717, 1.165) is 5.56 Å². The Hall–Kier alpha value is -1.43. The summed E-state index contributed by atoms with van der Waals surface area (Å²) in [5.74, 6) is -1.30. The Balaban J connectivity index is 1.87. The second-order valence-corrected chi connectivity index (χ2v) is 5.39. The SMILES string of the molecule is O=C(O)[C@@H]1C2C[C@@H](O)C(C2O)N1Cc1ccccc1. The van der Waals surface area contributed by atoms with E-state index < -0.39 is 30.3 Å². The minimum Gasteiger partial charge on any atom is -0.480 e. The molecule has 1 saturated carbocycles. The topological polar surface area (TPSA) is 81.0 Å². The number of rotatable bonds is 3. The van der Waals surface area contributed by atoms with Crippen LogP contribution in [0.1, 0.15) is 12.0 Å². The van der Waals surface area contributed by atoms with Crippen LogP contribution < -0.4 is 0 Å². The van der Waals surface area contributed by atoms with Gasteiger partial charge in [-0.2, -0.15) is 0 Å². The number of nitrogens with zero attached hydrogens (tertiary/aromatic N) is 1. The van der Waals surface area contributed by atoms with E-state index in [1.165, 1.54) is 0 Å². The zero-order valence-corrected chi connectivity index (χ0v) is 10.4. The summed E-state index contributed by atoms with van der Waals surface area (Å²) in [7, 11) is 0. The first-order chi connectivity index (χ1) is 9.09. The number of hydrogen-bond donors (Lipinski definition) is 3. The third-order valence-electron chi connectivity index (χ3n) is 4.30. The largest absolute Gasteiger partial charge is 0.480 e. The van der Waals surface area contributed by atoms with Gasteiger partial charge >= 0.3 is 5.97 Å². The molecular formula is C14H17NO4. The van der Waals surface area contributed by atoms with E-state index in [1.807, 2.05) is 30.3 Å². The van der Waals surface area contributed by atoms with Crippen LogP contribution in [-0.4, -0.2) is 50.5 Å². The lowest BCUT2D eigenvalue weighted by atomic mass is 9.96. The highest BCUT2D eigenvalue weighted by Crippen LogP contribution is 2.43. The molecule has 5 nitrogen and oxygen atoms in total. The molecule has 0 radical (unpaired) electrons. The number of carbonyl (C=O) groups is 1. The third-order valence-corrected chi connectivity index (χ3v) is 4.30. The summed E-state index contributed by atoms with van der Waals surface area (Å²) in [6, 6.07) is 8.36. The molecule has 1 heterocycles. The predicted molar refractivity (Wildman–Crippen MR) is 67.3 cm³/mol. The van der Waals surface area contributed by atoms with Gasteiger partial charge in [0.15, 0.2) is 0 Å². The summed E-state index contributed by atoms with van der Waals surface area (Å²) in [6.45, 7) is 0.438. The summed E-state index contributed by atoms with van der Waals surface area (Å²) < 4.78 is 0. The molecule has 1 aliphatic carbocycles. The lowest BCUT2D eigenvalue weighted by molar-refractivity contribution is -0.146. The number of piperidine rings is 1. The monoisotopic (exact) mass is 263 g/mol. The summed E-state index contributed by atoms with van der Waals surface area (Å²) >= 11 is 0. The Morgan fingerprint density at radius 1 is 1.26 bits per heavy atom. The van der Waals surface area contributed by atoms with Crippen molar-refractivity contribution in [3.63, 3.8) is 0 Å². The Kier molecular flexibility index (Phi) is 3.05. The van der Waals surface area contributed by atoms with Crippen molar-refractivity contribution in [2.45, 2.75) is 37.3 Å². The highest BCUT2D eigenvalue weighted by Gasteiger charge is 2.59. The van der Waals surface area contributed by atoms with Crippen molar-refractivity contribution in [2.24, 2.45) is 5.92 Å². The molecule has 3 unspecified atom stereocenters. The van der Waals surface area contributed by atoms with E-state index in [1.54, 1.807) is 4.90 Å². The van der Waals surface area contributed by atoms with E-state index in [9.17, 15) is 20.1 Å². The van der Waals surface area contributed by atoms with Crippen molar-refractivity contribution in [2.75, 3.05) is 0 Å². The van der Waals surface area contributed by atoms with Gasteiger partial charge in [-0.25, -0.2) is 0 Å². The first-order valence-corrected chi connectivity index (χ1v) is 6.48. The molecule has 3 N–H and O–H groups in total. The molecule has 5 atom stereocenters. The molecule has 2 aliphatic rings. The van der Waals surface area contributed by atoms with Gasteiger partial charge in [-0.05, 0) is 12.0 Å². The molecule has 1 aromatic rings. The first kappa shape index (κ1) is 12.6. The molecule has 1 aliphatic heterocycles. The first-order valence-electron chi connectivity index (χ1n) is 6.48. The molecular weight excluding hydrogens is 246 g/mol. The van der Waals surface area contributed by atoms with Crippen LogP contribution in [0.3, 0.4) is 0 Å². The Labute approximate surface area is 111 Å². The molecule has 3 rings (SSSR count). The maximum atomic E-state index is 11.4. The van der Waals surface area contributed by atoms with E-state index in [4.69, 9.17) is 0 Å². The van der Waals surface area contributed by atoms with Gasteiger partial charge in [0.1, 0.15) is 6.04 Å². The Morgan fingerprint density at radius 3 is 2.58 bits per heavy atom. The number of carboxylic acids is 1. The molecule has 1 aromatic carbocycles. The highest BCUT2D eigenvalue weighted by molar-refractivity contribution is 5.75. The molecule has 2 fully saturated rings. The van der Waals surface area contributed by atoms with Crippen LogP contribution >= 0.6 is 0 Å². The van der Waals surface area contributed by atoms with Crippen molar-refractivity contribution in [3.05, 3.63) is 35.9 Å². The van der Waals surface area contributed by atoms with Gasteiger partial charge in [0.25, 0.3) is 0 Å². The quantitative estimate of drug-likeness (QED) is 0.719. The third kappa shape index (κ3) is 1.94. The number of aliphatic hydroxyl groups excluding tert-OH is 2. The fraction of sp³-hybridized carbons (Fsp3) is 0.500. The number of aliphatic hydroxyl groups is 2. The van der Waals surface area contributed by atoms with E-state index in [-0.39, 0.29) is 5.92 Å². The van der Waals surface area contributed by atoms with Crippen LogP contribution in [0.2, 0.25) is 0 Å². The van der Waals surface area contributed by atoms with Crippen molar-refractivity contribution in [1.29, 1.82) is 0 Å². The van der Waals surface area contributed by atoms with Gasteiger partial charge in [-0.1, -0.05) is 30.3 Å². The molecule has 19 heavy (non-hydrogen) atoms. The summed E-state index contributed by atoms with van der Waals surface area (Å²) in [5, 5.41) is 29.4. The molecule has 0 spiro atoms. The summed E-state index contributed by atoms with van der Waals surface area (Å²) in [4.78, 5) is 13.1. The molecule has 5 heteroatoms. The maximum Gasteiger partial charge on any atom is 0.321 e. The minimum atomic E-state index is -0.922. The number of likely N-dealkylation sites (tertiary alicyclic amines) is 1. The second kappa shape index (κ2) is 4.59. The van der Waals surface area contributed by atoms with Gasteiger partial charge in [0, 0.05) is 12.5 Å². The fourth-order valence-electron chi connectivity index (χ4n) is 3.53. The number of carboxylic acid groups (broad SMARTS) is 1. The average Bonchev–Trinajstić information content (AvgIpc) is 2.79. The van der Waals surface area contributed by atoms with Crippen LogP contribution in [0, 0.1) is 5.92 Å². The Morgan fingerprint density at radius 2 is 1.95 bits per heavy atom. The fourth-order valence-corrected chi connectivity index (χ4v) is 3.53. The smallest absolute Gasteiger partial charge is 0.321 e. The van der Waals surface area contributed by atoms with Gasteiger partial charge in [-0.15, -0.1) is 0 Å². The highest BCUT2D eigenvalue weighted by atomic mass is 16.4. The molecule has 0 aromatic heterocycles. The Bertz CT molecular complexity index is 478. The van der Waals surface area contributed by atoms with Crippen LogP contribution in [0.15, 0.2) is 30.3 Å². The molecule has 102 valence electrons.